The molecule has 6 saturated carbocycles. The molecule has 6 aromatic rings. The van der Waals surface area contributed by atoms with Gasteiger partial charge < -0.3 is 42.6 Å². The van der Waals surface area contributed by atoms with E-state index in [-0.39, 0.29) is 34.1 Å². The summed E-state index contributed by atoms with van der Waals surface area (Å²) in [5, 5.41) is 53.9. The van der Waals surface area contributed by atoms with Crippen LogP contribution in [0.15, 0.2) is 73.6 Å². The molecule has 65 heavy (non-hydrogen) atoms. The maximum absolute atomic E-state index is 8.33. The quantitative estimate of drug-likeness (QED) is 0.140. The van der Waals surface area contributed by atoms with Crippen molar-refractivity contribution in [3.63, 3.8) is 0 Å². The molecule has 0 amide bonds. The van der Waals surface area contributed by atoms with Crippen molar-refractivity contribution in [1.29, 1.82) is 5.26 Å². The number of carbonyl (C=O) groups is 1. The van der Waals surface area contributed by atoms with Gasteiger partial charge in [-0.25, -0.2) is 30.6 Å². The molecule has 0 saturated heterocycles. The standard InChI is InChI=1S/2C21H28BN6.C2H3N.CH2O3.2Cu/c2*1-4-16(5-1)19-10-13-26(23-19)22(27-14-11-20(24-27)17-6-2-7-17)28-15-12-21(25-28)18-8-3-9-18;1-2-3;2-1(3)4;;/h2*10-18,22H,1-9H2;1H3;(H2,2,3,4);;/q2*-1;;;2*+2/p-2. The van der Waals surface area contributed by atoms with E-state index in [4.69, 9.17) is 50.9 Å². The van der Waals surface area contributed by atoms with E-state index in [1.54, 1.807) is 6.07 Å². The number of rotatable bonds is 12. The van der Waals surface area contributed by atoms with E-state index < -0.39 is 20.4 Å². The summed E-state index contributed by atoms with van der Waals surface area (Å²) >= 11 is 0. The van der Waals surface area contributed by atoms with Crippen molar-refractivity contribution in [2.24, 2.45) is 0 Å². The van der Waals surface area contributed by atoms with Crippen LogP contribution >= 0.6 is 0 Å². The van der Waals surface area contributed by atoms with Crippen LogP contribution < -0.4 is 10.2 Å². The number of aromatic nitrogens is 12. The second kappa shape index (κ2) is 22.1. The third-order valence-corrected chi connectivity index (χ3v) is 14.8. The first-order valence-corrected chi connectivity index (χ1v) is 23.7. The Morgan fingerprint density at radius 2 is 0.585 bits per heavy atom. The molecule has 2 radical (unpaired) electrons. The average Bonchev–Trinajstić information content (AvgIpc) is 3.97. The SMILES string of the molecule is CC#N.O=C([O-])[O-].[Cu+2].[Cu+2].c1cn([BH-](n2ccc(C3CCC3)n2)n2ccc(C3CCC3)n2)nc1C1CCC1.c1cn([BH-](n2ccc(C3CCC3)n2)n2ccc(C3CCC3)n2)nc1C1CCC1. The predicted molar refractivity (Wildman–Crippen MR) is 236 cm³/mol. The molecule has 6 aromatic heterocycles. The number of hydrogen-bond acceptors (Lipinski definition) is 10. The summed E-state index contributed by atoms with van der Waals surface area (Å²) in [6.45, 7) is 1.43. The van der Waals surface area contributed by atoms with Crippen LogP contribution in [-0.4, -0.2) is 78.5 Å². The van der Waals surface area contributed by atoms with Gasteiger partial charge in [-0.15, -0.1) is 0 Å². The van der Waals surface area contributed by atoms with Gasteiger partial charge in [-0.3, -0.25) is 0 Å². The van der Waals surface area contributed by atoms with Crippen LogP contribution in [0.2, 0.25) is 0 Å². The Morgan fingerprint density at radius 1 is 0.446 bits per heavy atom. The molecule has 6 aliphatic carbocycles. The Hall–Kier alpha value is -4.81. The van der Waals surface area contributed by atoms with Gasteiger partial charge in [-0.05, 0) is 157 Å². The third-order valence-electron chi connectivity index (χ3n) is 14.8. The first kappa shape index (κ1) is 48.1. The molecule has 0 N–H and O–H groups in total. The summed E-state index contributed by atoms with van der Waals surface area (Å²) in [5.41, 5.74) is 7.42. The van der Waals surface area contributed by atoms with E-state index >= 15 is 0 Å². The molecule has 0 atom stereocenters. The van der Waals surface area contributed by atoms with E-state index in [1.165, 1.54) is 157 Å². The summed E-state index contributed by atoms with van der Waals surface area (Å²) in [4.78, 5) is 8.33. The monoisotopic (exact) mass is 977 g/mol. The first-order valence-electron chi connectivity index (χ1n) is 23.7. The van der Waals surface area contributed by atoms with Crippen LogP contribution in [0.1, 0.15) is 192 Å². The Kier molecular flexibility index (Phi) is 16.4. The minimum absolute atomic E-state index is 0. The van der Waals surface area contributed by atoms with Crippen molar-refractivity contribution < 1.29 is 49.1 Å². The van der Waals surface area contributed by atoms with Gasteiger partial charge in [0.15, 0.2) is 0 Å². The van der Waals surface area contributed by atoms with Crippen molar-refractivity contribution in [3.05, 3.63) is 108 Å². The predicted octanol–water partition coefficient (Wildman–Crippen LogP) is 5.56. The summed E-state index contributed by atoms with van der Waals surface area (Å²) < 4.78 is 12.8. The zero-order valence-corrected chi connectivity index (χ0v) is 39.1. The van der Waals surface area contributed by atoms with Crippen LogP contribution in [-0.2, 0) is 34.1 Å². The van der Waals surface area contributed by atoms with Crippen LogP contribution in [0, 0.1) is 11.3 Å². The molecule has 20 heteroatoms. The van der Waals surface area contributed by atoms with Crippen molar-refractivity contribution in [1.82, 2.24) is 58.1 Å². The van der Waals surface area contributed by atoms with Crippen molar-refractivity contribution in [3.8, 4) is 6.07 Å². The van der Waals surface area contributed by atoms with E-state index in [9.17, 15) is 0 Å². The van der Waals surface area contributed by atoms with Gasteiger partial charge in [0.25, 0.3) is 0 Å². The third kappa shape index (κ3) is 10.9. The van der Waals surface area contributed by atoms with Gasteiger partial charge in [-0.1, -0.05) is 38.5 Å². The van der Waals surface area contributed by atoms with Crippen molar-refractivity contribution in [2.75, 3.05) is 0 Å². The minimum Gasteiger partial charge on any atom is -0.652 e. The van der Waals surface area contributed by atoms with Crippen LogP contribution in [0.3, 0.4) is 0 Å². The summed E-state index contributed by atoms with van der Waals surface area (Å²) in [7, 11) is -2.43. The number of hydrogen-bond donors (Lipinski definition) is 0. The molecule has 6 fully saturated rings. The number of nitrogens with zero attached hydrogens (tertiary/aromatic N) is 13. The molecule has 0 aliphatic heterocycles. The molecule has 0 spiro atoms. The van der Waals surface area contributed by atoms with Gasteiger partial charge in [0, 0.05) is 42.4 Å². The van der Waals surface area contributed by atoms with Crippen LogP contribution in [0.25, 0.3) is 0 Å². The fraction of sp³-hybridized carbons (Fsp3) is 0.556. The molecule has 16 nitrogen and oxygen atoms in total. The van der Waals surface area contributed by atoms with Gasteiger partial charge in [0.1, 0.15) is 0 Å². The smallest absolute Gasteiger partial charge is 0.652 e. The Bertz CT molecular complexity index is 2050. The summed E-state index contributed by atoms with van der Waals surface area (Å²) in [6, 6.07) is 15.0. The van der Waals surface area contributed by atoms with E-state index in [0.717, 1.165) is 0 Å². The fourth-order valence-electron chi connectivity index (χ4n) is 9.63. The zero-order chi connectivity index (χ0) is 43.3. The summed E-state index contributed by atoms with van der Waals surface area (Å²) in [6.07, 6.45) is 33.8. The maximum Gasteiger partial charge on any atom is 2.00 e. The largest absolute Gasteiger partial charge is 2.00 e. The second-order valence-corrected chi connectivity index (χ2v) is 18.8. The van der Waals surface area contributed by atoms with Gasteiger partial charge in [-0.2, -0.15) is 5.26 Å². The second-order valence-electron chi connectivity index (χ2n) is 18.8. The molecular weight excluding hydrogens is 919 g/mol. The number of carbonyl (C=O) groups excluding carboxylic acids is 1. The fourth-order valence-corrected chi connectivity index (χ4v) is 9.63. The van der Waals surface area contributed by atoms with Crippen molar-refractivity contribution in [2.45, 2.75) is 158 Å². The van der Waals surface area contributed by atoms with Gasteiger partial charge >= 0.3 is 48.4 Å². The molecule has 6 aliphatic rings. The summed E-state index contributed by atoms with van der Waals surface area (Å²) in [5.74, 6) is 3.88. The van der Waals surface area contributed by atoms with E-state index in [1.807, 2.05) is 0 Å². The molecular formula is C45H59B2Cu2N13O3. The molecule has 12 rings (SSSR count). The average molecular weight is 979 g/mol. The topological polar surface area (TPSA) is 194 Å². The molecule has 350 valence electrons. The molecule has 6 heterocycles. The Morgan fingerprint density at radius 3 is 0.692 bits per heavy atom. The number of carboxylic acid groups (broad SMARTS) is 2. The van der Waals surface area contributed by atoms with E-state index in [2.05, 4.69) is 101 Å². The Balaban J connectivity index is 0.000000166. The Labute approximate surface area is 402 Å². The van der Waals surface area contributed by atoms with Crippen LogP contribution in [0.5, 0.6) is 0 Å². The maximum atomic E-state index is 8.33. The minimum atomic E-state index is -2.33. The number of nitriles is 1. The first-order chi connectivity index (χ1) is 30.8. The molecule has 0 unspecified atom stereocenters. The zero-order valence-electron chi connectivity index (χ0n) is 37.2. The normalized spacial score (nSPS) is 18.5. The molecule has 0 aromatic carbocycles. The molecule has 0 bridgehead atoms. The van der Waals surface area contributed by atoms with Crippen molar-refractivity contribution >= 4 is 20.4 Å². The van der Waals surface area contributed by atoms with E-state index in [0.29, 0.717) is 35.5 Å². The van der Waals surface area contributed by atoms with Gasteiger partial charge in [0.05, 0.1) is 40.2 Å². The van der Waals surface area contributed by atoms with Crippen LogP contribution in [0.4, 0.5) is 4.79 Å². The van der Waals surface area contributed by atoms with Gasteiger partial charge in [0.2, 0.25) is 0 Å².